The smallest absolute Gasteiger partial charge is 0.415 e. The first-order chi connectivity index (χ1) is 23.1. The van der Waals surface area contributed by atoms with Crippen molar-refractivity contribution in [2.45, 2.75) is 71.9 Å². The van der Waals surface area contributed by atoms with E-state index in [1.165, 1.54) is 23.4 Å². The van der Waals surface area contributed by atoms with Gasteiger partial charge in [0.15, 0.2) is 5.82 Å². The fourth-order valence-corrected chi connectivity index (χ4v) is 5.98. The molecule has 3 amide bonds. The number of hydrogen-bond acceptors (Lipinski definition) is 11. The minimum atomic E-state index is -0.881. The van der Waals surface area contributed by atoms with Gasteiger partial charge in [-0.1, -0.05) is 0 Å². The first-order valence-corrected chi connectivity index (χ1v) is 16.0. The molecular formula is C34H40FN5O9. The zero-order valence-electron chi connectivity index (χ0n) is 28.5. The minimum absolute atomic E-state index is 0.0487. The van der Waals surface area contributed by atoms with E-state index in [0.29, 0.717) is 35.4 Å². The van der Waals surface area contributed by atoms with Gasteiger partial charge < -0.3 is 28.4 Å². The standard InChI is InChI=1S/C34H40FN5O9/c1-17-20(12-37-29-28(17)40(8-9-45-29)32(43)49-34(5,6)7)19-10-18-11-25(38-30(41)47-24-16-46-23-15-44-14-22(23)24)36-13-21(18)27(26(19)35)39-31(42)48-33(2,3)4/h10-13,22-24H,8-9,14-16H2,1-7H3,(H,39,42)(H,36,38,41)/t22-,23+,24-/m0/s1. The Morgan fingerprint density at radius 3 is 2.43 bits per heavy atom. The van der Waals surface area contributed by atoms with Crippen molar-refractivity contribution in [2.24, 2.45) is 5.92 Å². The first kappa shape index (κ1) is 34.1. The molecule has 14 nitrogen and oxygen atoms in total. The highest BCUT2D eigenvalue weighted by Crippen LogP contribution is 2.43. The van der Waals surface area contributed by atoms with E-state index in [0.717, 1.165) is 0 Å². The van der Waals surface area contributed by atoms with Crippen LogP contribution in [0.4, 0.5) is 36.0 Å². The molecule has 15 heteroatoms. The van der Waals surface area contributed by atoms with Crippen molar-refractivity contribution in [1.29, 1.82) is 0 Å². The van der Waals surface area contributed by atoms with Gasteiger partial charge in [-0.3, -0.25) is 15.5 Å². The molecule has 0 unspecified atom stereocenters. The molecule has 2 saturated heterocycles. The highest BCUT2D eigenvalue weighted by molar-refractivity contribution is 6.05. The van der Waals surface area contributed by atoms with Crippen molar-refractivity contribution in [1.82, 2.24) is 9.97 Å². The van der Waals surface area contributed by atoms with Gasteiger partial charge in [0.05, 0.1) is 44.1 Å². The van der Waals surface area contributed by atoms with Crippen LogP contribution in [0.3, 0.4) is 0 Å². The van der Waals surface area contributed by atoms with Crippen molar-refractivity contribution in [2.75, 3.05) is 48.5 Å². The third-order valence-electron chi connectivity index (χ3n) is 8.10. The molecule has 3 aliphatic heterocycles. The lowest BCUT2D eigenvalue weighted by molar-refractivity contribution is 0.0356. The predicted octanol–water partition coefficient (Wildman–Crippen LogP) is 6.19. The second kappa shape index (κ2) is 12.9. The fraction of sp³-hybridized carbons (Fsp3) is 0.500. The summed E-state index contributed by atoms with van der Waals surface area (Å²) in [4.78, 5) is 49.1. The third-order valence-corrected chi connectivity index (χ3v) is 8.10. The SMILES string of the molecule is Cc1c(-c2cc3cc(NC(=O)O[C@H]4CO[C@@H]5COC[C@H]45)ncc3c(NC(=O)OC(C)(C)C)c2F)cnc2c1N(C(=O)OC(C)(C)C)CCO2. The van der Waals surface area contributed by atoms with Crippen LogP contribution in [-0.4, -0.2) is 84.6 Å². The van der Waals surface area contributed by atoms with Crippen LogP contribution in [0, 0.1) is 18.7 Å². The molecular weight excluding hydrogens is 641 g/mol. The second-order valence-electron chi connectivity index (χ2n) is 14.1. The van der Waals surface area contributed by atoms with E-state index < -0.39 is 41.4 Å². The fourth-order valence-electron chi connectivity index (χ4n) is 5.98. The molecule has 0 spiro atoms. The maximum Gasteiger partial charge on any atom is 0.415 e. The summed E-state index contributed by atoms with van der Waals surface area (Å²) >= 11 is 0. The number of halogens is 1. The zero-order valence-corrected chi connectivity index (χ0v) is 28.5. The molecule has 3 atom stereocenters. The van der Waals surface area contributed by atoms with E-state index in [1.54, 1.807) is 54.5 Å². The molecule has 0 radical (unpaired) electrons. The molecule has 0 bridgehead atoms. The summed E-state index contributed by atoms with van der Waals surface area (Å²) in [6.07, 6.45) is -0.0190. The van der Waals surface area contributed by atoms with Crippen molar-refractivity contribution in [3.8, 4) is 17.0 Å². The molecule has 3 aliphatic rings. The molecule has 3 aromatic rings. The van der Waals surface area contributed by atoms with Gasteiger partial charge in [-0.05, 0) is 71.5 Å². The van der Waals surface area contributed by atoms with Gasteiger partial charge in [-0.25, -0.2) is 28.7 Å². The van der Waals surface area contributed by atoms with Crippen LogP contribution in [0.5, 0.6) is 5.88 Å². The number of nitrogens with zero attached hydrogens (tertiary/aromatic N) is 3. The molecule has 0 saturated carbocycles. The number of carbonyl (C=O) groups excluding carboxylic acids is 3. The van der Waals surface area contributed by atoms with Crippen molar-refractivity contribution in [3.05, 3.63) is 35.9 Å². The Morgan fingerprint density at radius 2 is 1.69 bits per heavy atom. The molecule has 2 fully saturated rings. The normalized spacial score (nSPS) is 20.2. The zero-order chi connectivity index (χ0) is 35.2. The number of benzene rings is 1. The Kier molecular flexibility index (Phi) is 9.00. The number of nitrogens with one attached hydrogen (secondary N) is 2. The number of pyridine rings is 2. The summed E-state index contributed by atoms with van der Waals surface area (Å²) in [5.74, 6) is -0.516. The summed E-state index contributed by atoms with van der Waals surface area (Å²) in [6, 6.07) is 3.08. The number of carbonyl (C=O) groups is 3. The quantitative estimate of drug-likeness (QED) is 0.303. The number of ether oxygens (including phenoxy) is 6. The molecule has 262 valence electrons. The Labute approximate surface area is 282 Å². The minimum Gasteiger partial charge on any atom is -0.474 e. The van der Waals surface area contributed by atoms with Gasteiger partial charge in [-0.2, -0.15) is 0 Å². The third kappa shape index (κ3) is 7.32. The van der Waals surface area contributed by atoms with E-state index in [4.69, 9.17) is 28.4 Å². The van der Waals surface area contributed by atoms with Crippen molar-refractivity contribution < 1.29 is 47.2 Å². The van der Waals surface area contributed by atoms with E-state index in [2.05, 4.69) is 20.6 Å². The topological polar surface area (TPSA) is 160 Å². The lowest BCUT2D eigenvalue weighted by atomic mass is 9.96. The van der Waals surface area contributed by atoms with Gasteiger partial charge >= 0.3 is 18.3 Å². The van der Waals surface area contributed by atoms with Gasteiger partial charge in [-0.15, -0.1) is 0 Å². The maximum atomic E-state index is 16.6. The monoisotopic (exact) mass is 681 g/mol. The van der Waals surface area contributed by atoms with Crippen LogP contribution >= 0.6 is 0 Å². The molecule has 6 rings (SSSR count). The van der Waals surface area contributed by atoms with E-state index >= 15 is 4.39 Å². The highest BCUT2D eigenvalue weighted by Gasteiger charge is 2.43. The molecule has 49 heavy (non-hydrogen) atoms. The number of amides is 3. The lowest BCUT2D eigenvalue weighted by Gasteiger charge is -2.32. The first-order valence-electron chi connectivity index (χ1n) is 16.0. The van der Waals surface area contributed by atoms with Crippen LogP contribution in [0.1, 0.15) is 47.1 Å². The van der Waals surface area contributed by atoms with E-state index in [-0.39, 0.29) is 60.1 Å². The number of aromatic nitrogens is 2. The van der Waals surface area contributed by atoms with Crippen LogP contribution < -0.4 is 20.3 Å². The summed E-state index contributed by atoms with van der Waals surface area (Å²) in [7, 11) is 0. The van der Waals surface area contributed by atoms with Crippen LogP contribution in [0.25, 0.3) is 21.9 Å². The number of anilines is 3. The molecule has 1 aromatic carbocycles. The van der Waals surface area contributed by atoms with Crippen LogP contribution in [0.15, 0.2) is 24.5 Å². The van der Waals surface area contributed by atoms with Crippen molar-refractivity contribution in [3.63, 3.8) is 0 Å². The summed E-state index contributed by atoms with van der Waals surface area (Å²) < 4.78 is 50.1. The van der Waals surface area contributed by atoms with Gasteiger partial charge in [0.1, 0.15) is 35.4 Å². The lowest BCUT2D eigenvalue weighted by Crippen LogP contribution is -2.42. The Hall–Kier alpha value is -4.76. The Morgan fingerprint density at radius 1 is 0.939 bits per heavy atom. The van der Waals surface area contributed by atoms with Crippen LogP contribution in [-0.2, 0) is 23.7 Å². The van der Waals surface area contributed by atoms with Crippen molar-refractivity contribution >= 4 is 46.2 Å². The average Bonchev–Trinajstić information content (AvgIpc) is 3.62. The largest absolute Gasteiger partial charge is 0.474 e. The maximum absolute atomic E-state index is 16.6. The van der Waals surface area contributed by atoms with E-state index in [9.17, 15) is 14.4 Å². The molecule has 2 aromatic heterocycles. The Balaban J connectivity index is 1.39. The Bertz CT molecular complexity index is 1810. The van der Waals surface area contributed by atoms with Gasteiger partial charge in [0.2, 0.25) is 5.88 Å². The predicted molar refractivity (Wildman–Crippen MR) is 177 cm³/mol. The number of rotatable bonds is 4. The summed E-state index contributed by atoms with van der Waals surface area (Å²) in [6.45, 7) is 13.6. The summed E-state index contributed by atoms with van der Waals surface area (Å²) in [5, 5.41) is 5.83. The van der Waals surface area contributed by atoms with Gasteiger partial charge in [0, 0.05) is 28.9 Å². The van der Waals surface area contributed by atoms with Crippen LogP contribution in [0.2, 0.25) is 0 Å². The molecule has 0 aliphatic carbocycles. The summed E-state index contributed by atoms with van der Waals surface area (Å²) in [5.41, 5.74) is -0.614. The van der Waals surface area contributed by atoms with E-state index in [1.807, 2.05) is 0 Å². The molecule has 5 heterocycles. The van der Waals surface area contributed by atoms with Gasteiger partial charge in [0.25, 0.3) is 0 Å². The average molecular weight is 682 g/mol. The molecule has 2 N–H and O–H groups in total. The number of fused-ring (bicyclic) bond motifs is 3. The second-order valence-corrected chi connectivity index (χ2v) is 14.1. The highest BCUT2D eigenvalue weighted by atomic mass is 19.1. The number of hydrogen-bond donors (Lipinski definition) is 2.